The highest BCUT2D eigenvalue weighted by Gasteiger charge is 2.53. The monoisotopic (exact) mass is 1120 g/mol. The molecule has 0 bridgehead atoms. The van der Waals surface area contributed by atoms with Crippen LogP contribution in [0, 0.1) is 17.8 Å². The van der Waals surface area contributed by atoms with Crippen LogP contribution in [0.15, 0.2) is 36.5 Å². The van der Waals surface area contributed by atoms with Gasteiger partial charge in [-0.1, -0.05) is 56.3 Å². The Morgan fingerprint density at radius 1 is 0.987 bits per heavy atom. The number of esters is 1. The van der Waals surface area contributed by atoms with Gasteiger partial charge in [-0.15, -0.1) is 5.10 Å². The summed E-state index contributed by atoms with van der Waals surface area (Å²) >= 11 is 0. The zero-order valence-corrected chi connectivity index (χ0v) is 49.5. The van der Waals surface area contributed by atoms with Crippen molar-refractivity contribution in [2.24, 2.45) is 17.8 Å². The number of aliphatic hydroxyl groups excluding tert-OH is 3. The van der Waals surface area contributed by atoms with Gasteiger partial charge in [0.2, 0.25) is 5.91 Å². The molecule has 4 aliphatic heterocycles. The van der Waals surface area contributed by atoms with E-state index >= 15 is 4.39 Å². The summed E-state index contributed by atoms with van der Waals surface area (Å²) in [5, 5.41) is 68.7. The molecule has 1 aromatic heterocycles. The second-order valence-corrected chi connectivity index (χ2v) is 24.1. The van der Waals surface area contributed by atoms with E-state index in [1.54, 1.807) is 73.6 Å². The van der Waals surface area contributed by atoms with E-state index in [2.05, 4.69) is 16.4 Å². The van der Waals surface area contributed by atoms with Gasteiger partial charge < -0.3 is 73.4 Å². The number of nitrogens with zero attached hydrogens (tertiary/aromatic N) is 6. The molecule has 0 saturated carbocycles. The van der Waals surface area contributed by atoms with E-state index in [1.807, 2.05) is 62.0 Å². The fraction of sp³-hybridized carbons (Fsp3) is 0.793. The van der Waals surface area contributed by atoms with Crippen LogP contribution in [0.25, 0.3) is 5.57 Å². The summed E-state index contributed by atoms with van der Waals surface area (Å²) in [6.07, 6.45) is -5.28. The maximum absolute atomic E-state index is 15.0. The van der Waals surface area contributed by atoms with Crippen molar-refractivity contribution in [3.63, 3.8) is 0 Å². The Labute approximate surface area is 467 Å². The maximum atomic E-state index is 15.0. The molecule has 1 unspecified atom stereocenters. The van der Waals surface area contributed by atoms with Gasteiger partial charge in [-0.3, -0.25) is 9.59 Å². The Hall–Kier alpha value is -3.55. The lowest BCUT2D eigenvalue weighted by Crippen LogP contribution is -2.61. The summed E-state index contributed by atoms with van der Waals surface area (Å²) in [5.41, 5.74) is -1.04. The molecule has 5 heterocycles. The van der Waals surface area contributed by atoms with E-state index in [0.717, 1.165) is 23.1 Å². The number of carbonyl (C=O) groups excluding carboxylic acids is 2. The number of carbonyl (C=O) groups is 2. The molecule has 0 aliphatic carbocycles. The molecule has 448 valence electrons. The summed E-state index contributed by atoms with van der Waals surface area (Å²) in [5.74, 6) is -2.85. The smallest absolute Gasteiger partial charge is 0.311 e. The molecule has 3 fully saturated rings. The second-order valence-electron chi connectivity index (χ2n) is 24.1. The van der Waals surface area contributed by atoms with Crippen molar-refractivity contribution < 1.29 is 72.7 Å². The Bertz CT molecular complexity index is 2310. The van der Waals surface area contributed by atoms with Crippen molar-refractivity contribution in [1.82, 2.24) is 29.7 Å². The lowest BCUT2D eigenvalue weighted by molar-refractivity contribution is -0.318. The Balaban J connectivity index is 1.23. The molecule has 79 heavy (non-hydrogen) atoms. The predicted octanol–water partition coefficient (Wildman–Crippen LogP) is 4.64. The molecular weight excluding hydrogens is 1020 g/mol. The summed E-state index contributed by atoms with van der Waals surface area (Å²) in [6, 6.07) is 5.95. The van der Waals surface area contributed by atoms with E-state index < -0.39 is 127 Å². The highest BCUT2D eigenvalue weighted by molar-refractivity contribution is 5.76. The van der Waals surface area contributed by atoms with Crippen molar-refractivity contribution in [3.05, 3.63) is 53.4 Å². The zero-order chi connectivity index (χ0) is 58.5. The number of ether oxygens (including phenoxy) is 7. The molecule has 0 spiro atoms. The molecule has 20 atom stereocenters. The van der Waals surface area contributed by atoms with Gasteiger partial charge in [-0.05, 0) is 111 Å². The van der Waals surface area contributed by atoms with Gasteiger partial charge in [0.25, 0.3) is 0 Å². The fourth-order valence-corrected chi connectivity index (χ4v) is 12.6. The SMILES string of the molecule is CC[C@H]1OC(=O)[C@H](C)[C@@H](O[C@H]2C[C@@](C)(OC)[C@@H](O)[C@H](C)O2)[C@H](C)[C@@H](OC2O[C@H](C)C[C@H](N(C)CCc3cn([C@H](CF)[C@H](OC)c4ccc(C5=CCN(C(C)=O)CC5)cc4)nn3)[C@H]2O)[C@](C)(O)C[C@@H](C)CN(C)[C@H](C)[C@@H](O)[C@]1(C)O. The van der Waals surface area contributed by atoms with E-state index in [-0.39, 0.29) is 31.1 Å². The number of aliphatic hydroxyl groups is 5. The Kier molecular flexibility index (Phi) is 22.3. The Morgan fingerprint density at radius 3 is 2.27 bits per heavy atom. The molecule has 3 saturated heterocycles. The summed E-state index contributed by atoms with van der Waals surface area (Å²) in [6.45, 7) is 20.3. The van der Waals surface area contributed by atoms with Crippen LogP contribution in [0.1, 0.15) is 137 Å². The molecule has 6 rings (SSSR count). The number of aromatic nitrogens is 3. The lowest BCUT2D eigenvalue weighted by Gasteiger charge is -2.49. The minimum atomic E-state index is -1.86. The molecule has 1 aromatic carbocycles. The predicted molar refractivity (Wildman–Crippen MR) is 293 cm³/mol. The van der Waals surface area contributed by atoms with E-state index in [4.69, 9.17) is 33.2 Å². The molecule has 0 radical (unpaired) electrons. The topological polar surface area (TPSA) is 240 Å². The molecule has 4 aliphatic rings. The molecule has 1 amide bonds. The van der Waals surface area contributed by atoms with Gasteiger partial charge >= 0.3 is 5.97 Å². The van der Waals surface area contributed by atoms with Gasteiger partial charge in [0.1, 0.15) is 48.8 Å². The van der Waals surface area contributed by atoms with E-state index in [0.29, 0.717) is 44.7 Å². The highest BCUT2D eigenvalue weighted by atomic mass is 19.1. The number of likely N-dealkylation sites (N-methyl/N-ethyl adjacent to an activating group) is 2. The summed E-state index contributed by atoms with van der Waals surface area (Å²) < 4.78 is 60.8. The van der Waals surface area contributed by atoms with Crippen LogP contribution in [0.5, 0.6) is 0 Å². The van der Waals surface area contributed by atoms with Crippen molar-refractivity contribution in [2.75, 3.05) is 61.2 Å². The number of amides is 1. The first-order valence-electron chi connectivity index (χ1n) is 28.4. The summed E-state index contributed by atoms with van der Waals surface area (Å²) in [4.78, 5) is 32.1. The molecular formula is C58H95FN6O14. The van der Waals surface area contributed by atoms with E-state index in [9.17, 15) is 35.1 Å². The average Bonchev–Trinajstić information content (AvgIpc) is 4.05. The van der Waals surface area contributed by atoms with Crippen LogP contribution in [-0.4, -0.2) is 219 Å². The van der Waals surface area contributed by atoms with Crippen LogP contribution in [0.2, 0.25) is 0 Å². The quantitative estimate of drug-likeness (QED) is 0.144. The third-order valence-corrected chi connectivity index (χ3v) is 17.8. The molecule has 5 N–H and O–H groups in total. The average molecular weight is 1120 g/mol. The largest absolute Gasteiger partial charge is 0.459 e. The van der Waals surface area contributed by atoms with Crippen LogP contribution in [0.3, 0.4) is 0 Å². The van der Waals surface area contributed by atoms with Crippen LogP contribution in [0.4, 0.5) is 4.39 Å². The first-order valence-corrected chi connectivity index (χ1v) is 28.4. The first-order chi connectivity index (χ1) is 37.1. The number of methoxy groups -OCH3 is 2. The third-order valence-electron chi connectivity index (χ3n) is 17.8. The minimum Gasteiger partial charge on any atom is -0.459 e. The van der Waals surface area contributed by atoms with Crippen molar-refractivity contribution in [3.8, 4) is 0 Å². The van der Waals surface area contributed by atoms with Crippen molar-refractivity contribution in [1.29, 1.82) is 0 Å². The van der Waals surface area contributed by atoms with Gasteiger partial charge in [-0.25, -0.2) is 9.07 Å². The van der Waals surface area contributed by atoms with Gasteiger partial charge in [0.05, 0.1) is 47.2 Å². The lowest BCUT2D eigenvalue weighted by atomic mass is 9.77. The number of hydrogen-bond acceptors (Lipinski definition) is 18. The number of cyclic esters (lactones) is 1. The normalized spacial score (nSPS) is 38.6. The number of benzene rings is 1. The van der Waals surface area contributed by atoms with E-state index in [1.165, 1.54) is 18.7 Å². The third kappa shape index (κ3) is 15.0. The zero-order valence-electron chi connectivity index (χ0n) is 49.5. The number of hydrogen-bond donors (Lipinski definition) is 5. The van der Waals surface area contributed by atoms with Crippen molar-refractivity contribution in [2.45, 2.75) is 217 Å². The molecule has 21 heteroatoms. The number of halogens is 1. The van der Waals surface area contributed by atoms with Crippen LogP contribution >= 0.6 is 0 Å². The highest BCUT2D eigenvalue weighted by Crippen LogP contribution is 2.41. The van der Waals surface area contributed by atoms with Gasteiger partial charge in [-0.2, -0.15) is 0 Å². The first kappa shape index (κ1) is 64.6. The molecule has 2 aromatic rings. The second kappa shape index (κ2) is 27.2. The van der Waals surface area contributed by atoms with Gasteiger partial charge in [0, 0.05) is 84.4 Å². The minimum absolute atomic E-state index is 0.0495. The fourth-order valence-electron chi connectivity index (χ4n) is 12.6. The van der Waals surface area contributed by atoms with Crippen LogP contribution in [-0.2, 0) is 49.2 Å². The Morgan fingerprint density at radius 2 is 1.67 bits per heavy atom. The van der Waals surface area contributed by atoms with Crippen molar-refractivity contribution >= 4 is 17.4 Å². The van der Waals surface area contributed by atoms with Crippen LogP contribution < -0.4 is 0 Å². The molecule has 20 nitrogen and oxygen atoms in total. The number of rotatable bonds is 16. The number of alkyl halides is 1. The van der Waals surface area contributed by atoms with Gasteiger partial charge in [0.15, 0.2) is 12.6 Å². The maximum Gasteiger partial charge on any atom is 0.311 e. The summed E-state index contributed by atoms with van der Waals surface area (Å²) in [7, 11) is 6.75. The standard InChI is InChI=1S/C58H95FN6O14/c1-16-46-58(11,72)51(68)37(6)63(13)31-33(2)28-56(9,71)53(35(4)49(36(5)54(70)77-46)78-47-29-57(10,74-15)52(69)38(7)76-47)79-55-48(67)44(27-34(3)75-55)62(12)24-23-43-32-65(61-60-43)45(30-59)50(73-14)42-19-17-40(18-20-42)41-21-25-64(26-22-41)39(8)66/h17-21,32-38,44-53,55,67-69,71-72H,16,22-31H2,1-15H3/t33-,34-,35+,36-,37-,38+,44+,45-,46-,47+,48-,49+,50-,51-,52+,53-,55?,56-,57-,58-/m1/s1.